The zero-order valence-electron chi connectivity index (χ0n) is 21.9. The second-order valence-electron chi connectivity index (χ2n) is 11.8. The molecule has 0 spiro atoms. The molecule has 4 rings (SSSR count). The molecular weight excluding hydrogens is 376 g/mol. The summed E-state index contributed by atoms with van der Waals surface area (Å²) >= 11 is 0. The first-order valence-corrected chi connectivity index (χ1v) is 14.1. The Bertz CT molecular complexity index is 511. The van der Waals surface area contributed by atoms with E-state index in [-0.39, 0.29) is 0 Å². The fraction of sp³-hybridized carbons (Fsp3) is 0.933. The minimum Gasteiger partial charge on any atom is -0.400 e. The van der Waals surface area contributed by atoms with Crippen LogP contribution in [0, 0.1) is 40.4 Å². The molecule has 4 aliphatic rings. The van der Waals surface area contributed by atoms with Crippen LogP contribution in [0.5, 0.6) is 0 Å². The lowest BCUT2D eigenvalue weighted by molar-refractivity contribution is -0.111. The molecule has 4 fully saturated rings. The van der Waals surface area contributed by atoms with Crippen LogP contribution in [0.2, 0.25) is 0 Å². The van der Waals surface area contributed by atoms with Gasteiger partial charge in [0.25, 0.3) is 0 Å². The summed E-state index contributed by atoms with van der Waals surface area (Å²) < 4.78 is 0. The number of allylic oxidation sites excluding steroid dienone is 1. The smallest absolute Gasteiger partial charge is 0.0319 e. The Morgan fingerprint density at radius 2 is 1.52 bits per heavy atom. The summed E-state index contributed by atoms with van der Waals surface area (Å²) in [5.41, 5.74) is 1.40. The summed E-state index contributed by atoms with van der Waals surface area (Å²) in [4.78, 5) is 0. The summed E-state index contributed by atoms with van der Waals surface area (Å²) in [6.45, 7) is 13.7. The topological polar surface area (TPSA) is 20.2 Å². The third-order valence-corrected chi connectivity index (χ3v) is 10.5. The van der Waals surface area contributed by atoms with Gasteiger partial charge in [0, 0.05) is 7.11 Å². The number of aliphatic hydroxyl groups is 1. The highest BCUT2D eigenvalue weighted by atomic mass is 16.2. The summed E-state index contributed by atoms with van der Waals surface area (Å²) in [7, 11) is 1.00. The molecule has 7 unspecified atom stereocenters. The summed E-state index contributed by atoms with van der Waals surface area (Å²) in [6, 6.07) is 0. The largest absolute Gasteiger partial charge is 0.400 e. The van der Waals surface area contributed by atoms with Gasteiger partial charge in [0.2, 0.25) is 0 Å². The van der Waals surface area contributed by atoms with Crippen LogP contribution >= 0.6 is 0 Å². The summed E-state index contributed by atoms with van der Waals surface area (Å²) in [5.74, 6) is 5.32. The van der Waals surface area contributed by atoms with Crippen molar-refractivity contribution >= 4 is 0 Å². The molecule has 0 heterocycles. The van der Waals surface area contributed by atoms with Gasteiger partial charge in [-0.25, -0.2) is 0 Å². The Balaban J connectivity index is 0.000000513. The number of unbranched alkanes of at least 4 members (excludes halogenated alkanes) is 3. The Kier molecular flexibility index (Phi) is 11.1. The molecule has 1 nitrogen and oxygen atoms in total. The fourth-order valence-electron chi connectivity index (χ4n) is 8.56. The van der Waals surface area contributed by atoms with E-state index in [2.05, 4.69) is 40.3 Å². The Hall–Kier alpha value is -0.300. The second kappa shape index (κ2) is 12.8. The lowest BCUT2D eigenvalue weighted by atomic mass is 9.45. The molecule has 0 bridgehead atoms. The average molecular weight is 433 g/mol. The van der Waals surface area contributed by atoms with Crippen molar-refractivity contribution in [3.8, 4) is 0 Å². The maximum absolute atomic E-state index is 7.00. The van der Waals surface area contributed by atoms with E-state index in [0.717, 1.165) is 36.7 Å². The molecule has 1 heteroatoms. The van der Waals surface area contributed by atoms with Crippen LogP contribution in [-0.2, 0) is 0 Å². The zero-order chi connectivity index (χ0) is 22.9. The van der Waals surface area contributed by atoms with Crippen LogP contribution < -0.4 is 0 Å². The molecule has 0 aliphatic heterocycles. The molecule has 4 saturated carbocycles. The van der Waals surface area contributed by atoms with E-state index in [9.17, 15) is 0 Å². The predicted molar refractivity (Wildman–Crippen MR) is 137 cm³/mol. The zero-order valence-corrected chi connectivity index (χ0v) is 21.9. The molecule has 0 aromatic heterocycles. The van der Waals surface area contributed by atoms with Crippen molar-refractivity contribution in [3.63, 3.8) is 0 Å². The maximum atomic E-state index is 7.00. The van der Waals surface area contributed by atoms with Gasteiger partial charge in [-0.1, -0.05) is 65.9 Å². The first-order valence-electron chi connectivity index (χ1n) is 14.1. The fourth-order valence-corrected chi connectivity index (χ4v) is 8.56. The van der Waals surface area contributed by atoms with Crippen molar-refractivity contribution in [2.24, 2.45) is 40.4 Å². The number of aliphatic hydroxyl groups excluding tert-OH is 1. The van der Waals surface area contributed by atoms with Gasteiger partial charge >= 0.3 is 0 Å². The minimum atomic E-state index is 0.688. The van der Waals surface area contributed by atoms with Crippen molar-refractivity contribution in [2.45, 2.75) is 130 Å². The standard InChI is InChI=1S/C25H42.C4H10.CH4O/c1-4-5-6-7-10-20-13-15-22-21-14-12-19-11-8-9-17-24(19,2)23(21)16-18-25(20,22)3;1-3-4-2;1-2/h4,19-23H,1,5-18H2,2-3H3;3-4H2,1-2H3;2H,1H3. The van der Waals surface area contributed by atoms with Gasteiger partial charge in [0.1, 0.15) is 0 Å². The normalized spacial score (nSPS) is 40.8. The monoisotopic (exact) mass is 432 g/mol. The van der Waals surface area contributed by atoms with E-state index in [1.165, 1.54) is 51.4 Å². The first-order chi connectivity index (χ1) is 15.0. The first kappa shape index (κ1) is 26.9. The van der Waals surface area contributed by atoms with Gasteiger partial charge in [-0.3, -0.25) is 0 Å². The van der Waals surface area contributed by atoms with Gasteiger partial charge in [0.05, 0.1) is 0 Å². The summed E-state index contributed by atoms with van der Waals surface area (Å²) in [6.07, 6.45) is 25.8. The molecule has 0 amide bonds. The van der Waals surface area contributed by atoms with E-state index in [4.69, 9.17) is 5.11 Å². The van der Waals surface area contributed by atoms with E-state index < -0.39 is 0 Å². The van der Waals surface area contributed by atoms with E-state index in [1.807, 2.05) is 0 Å². The quantitative estimate of drug-likeness (QED) is 0.327. The molecule has 4 aliphatic carbocycles. The lowest BCUT2D eigenvalue weighted by Crippen LogP contribution is -2.52. The molecule has 1 N–H and O–H groups in total. The van der Waals surface area contributed by atoms with Crippen LogP contribution in [0.25, 0.3) is 0 Å². The van der Waals surface area contributed by atoms with E-state index >= 15 is 0 Å². The van der Waals surface area contributed by atoms with Crippen molar-refractivity contribution in [1.29, 1.82) is 0 Å². The van der Waals surface area contributed by atoms with Gasteiger partial charge in [0.15, 0.2) is 0 Å². The van der Waals surface area contributed by atoms with Gasteiger partial charge in [-0.05, 0) is 111 Å². The highest BCUT2D eigenvalue weighted by Gasteiger charge is 2.59. The highest BCUT2D eigenvalue weighted by Crippen LogP contribution is 2.67. The molecule has 0 aromatic carbocycles. The average Bonchev–Trinajstić information content (AvgIpc) is 3.14. The third kappa shape index (κ3) is 5.80. The van der Waals surface area contributed by atoms with E-state index in [0.29, 0.717) is 10.8 Å². The van der Waals surface area contributed by atoms with E-state index in [1.54, 1.807) is 51.4 Å². The maximum Gasteiger partial charge on any atom is 0.0319 e. The molecule has 0 aromatic rings. The number of hydrogen-bond acceptors (Lipinski definition) is 1. The predicted octanol–water partition coefficient (Wildman–Crippen LogP) is 9.20. The Labute approximate surface area is 195 Å². The third-order valence-electron chi connectivity index (χ3n) is 10.5. The Morgan fingerprint density at radius 1 is 0.806 bits per heavy atom. The van der Waals surface area contributed by atoms with Crippen LogP contribution in [0.15, 0.2) is 12.7 Å². The van der Waals surface area contributed by atoms with Crippen molar-refractivity contribution in [1.82, 2.24) is 0 Å². The molecule has 0 saturated heterocycles. The van der Waals surface area contributed by atoms with Crippen LogP contribution in [0.1, 0.15) is 130 Å². The molecule has 7 atom stereocenters. The lowest BCUT2D eigenvalue weighted by Gasteiger charge is -2.60. The number of hydrogen-bond donors (Lipinski definition) is 1. The number of rotatable bonds is 6. The summed E-state index contributed by atoms with van der Waals surface area (Å²) in [5, 5.41) is 7.00. The molecule has 31 heavy (non-hydrogen) atoms. The van der Waals surface area contributed by atoms with Crippen molar-refractivity contribution < 1.29 is 5.11 Å². The highest BCUT2D eigenvalue weighted by molar-refractivity contribution is 5.08. The molecule has 182 valence electrons. The minimum absolute atomic E-state index is 0.688. The SMILES string of the molecule is C=CCCCCC1CCC2C3CCC4CCCCC4(C)C3CCC12C.CCCC.CO. The van der Waals surface area contributed by atoms with Gasteiger partial charge in [-0.2, -0.15) is 0 Å². The van der Waals surface area contributed by atoms with Crippen molar-refractivity contribution in [3.05, 3.63) is 12.7 Å². The molecule has 0 radical (unpaired) electrons. The van der Waals surface area contributed by atoms with Gasteiger partial charge in [-0.15, -0.1) is 6.58 Å². The van der Waals surface area contributed by atoms with Crippen LogP contribution in [0.4, 0.5) is 0 Å². The van der Waals surface area contributed by atoms with Gasteiger partial charge < -0.3 is 5.11 Å². The van der Waals surface area contributed by atoms with Crippen LogP contribution in [-0.4, -0.2) is 12.2 Å². The van der Waals surface area contributed by atoms with Crippen molar-refractivity contribution in [2.75, 3.05) is 7.11 Å². The Morgan fingerprint density at radius 3 is 2.19 bits per heavy atom. The van der Waals surface area contributed by atoms with Crippen LogP contribution in [0.3, 0.4) is 0 Å². The molecular formula is C30H56O. The second-order valence-corrected chi connectivity index (χ2v) is 11.8. The number of fused-ring (bicyclic) bond motifs is 5.